The molecular formula is C19H17Cl2N. The summed E-state index contributed by atoms with van der Waals surface area (Å²) < 4.78 is 0. The second kappa shape index (κ2) is 5.33. The Bertz CT molecular complexity index is 749. The van der Waals surface area contributed by atoms with E-state index in [1.165, 1.54) is 11.1 Å². The zero-order chi connectivity index (χ0) is 15.3. The Hall–Kier alpha value is -1.44. The highest BCUT2D eigenvalue weighted by Gasteiger charge is 2.39. The van der Waals surface area contributed by atoms with E-state index >= 15 is 0 Å². The topological polar surface area (TPSA) is 12.0 Å². The molecule has 1 aliphatic heterocycles. The summed E-state index contributed by atoms with van der Waals surface area (Å²) in [7, 11) is 0. The van der Waals surface area contributed by atoms with Crippen molar-refractivity contribution < 1.29 is 0 Å². The number of anilines is 1. The van der Waals surface area contributed by atoms with E-state index in [0.29, 0.717) is 11.8 Å². The van der Waals surface area contributed by atoms with Crippen molar-refractivity contribution in [2.75, 3.05) is 5.32 Å². The van der Waals surface area contributed by atoms with Crippen molar-refractivity contribution in [3.05, 3.63) is 75.3 Å². The fourth-order valence-electron chi connectivity index (χ4n) is 3.73. The number of fused-ring (bicyclic) bond motifs is 3. The highest BCUT2D eigenvalue weighted by molar-refractivity contribution is 6.36. The van der Waals surface area contributed by atoms with Crippen LogP contribution >= 0.6 is 23.2 Å². The van der Waals surface area contributed by atoms with Crippen LogP contribution in [-0.2, 0) is 0 Å². The first kappa shape index (κ1) is 14.2. The molecule has 0 aromatic heterocycles. The molecule has 2 aromatic rings. The summed E-state index contributed by atoms with van der Waals surface area (Å²) in [4.78, 5) is 0. The molecule has 3 atom stereocenters. The Morgan fingerprint density at radius 1 is 1.00 bits per heavy atom. The van der Waals surface area contributed by atoms with Crippen LogP contribution in [0.3, 0.4) is 0 Å². The van der Waals surface area contributed by atoms with Crippen molar-refractivity contribution in [2.45, 2.75) is 25.3 Å². The average Bonchev–Trinajstić information content (AvgIpc) is 3.00. The molecule has 112 valence electrons. The van der Waals surface area contributed by atoms with Crippen molar-refractivity contribution in [3.8, 4) is 0 Å². The molecule has 22 heavy (non-hydrogen) atoms. The summed E-state index contributed by atoms with van der Waals surface area (Å²) in [5.41, 5.74) is 4.73. The number of allylic oxidation sites excluding steroid dienone is 2. The van der Waals surface area contributed by atoms with E-state index in [1.807, 2.05) is 12.1 Å². The van der Waals surface area contributed by atoms with Gasteiger partial charge in [-0.05, 0) is 37.0 Å². The molecule has 3 unspecified atom stereocenters. The third kappa shape index (κ3) is 2.15. The summed E-state index contributed by atoms with van der Waals surface area (Å²) in [5, 5.41) is 5.20. The Labute approximate surface area is 140 Å². The van der Waals surface area contributed by atoms with E-state index < -0.39 is 0 Å². The van der Waals surface area contributed by atoms with Crippen LogP contribution in [0.2, 0.25) is 10.0 Å². The number of hydrogen-bond acceptors (Lipinski definition) is 1. The van der Waals surface area contributed by atoms with Crippen LogP contribution in [0, 0.1) is 12.8 Å². The molecular weight excluding hydrogens is 313 g/mol. The molecule has 1 nitrogen and oxygen atoms in total. The maximum absolute atomic E-state index is 6.46. The highest BCUT2D eigenvalue weighted by Crippen LogP contribution is 2.53. The minimum Gasteiger partial charge on any atom is -0.376 e. The maximum Gasteiger partial charge on any atom is 0.0641 e. The van der Waals surface area contributed by atoms with Gasteiger partial charge in [0.2, 0.25) is 0 Å². The van der Waals surface area contributed by atoms with Crippen LogP contribution < -0.4 is 5.32 Å². The molecule has 0 radical (unpaired) electrons. The normalized spacial score (nSPS) is 25.5. The van der Waals surface area contributed by atoms with E-state index in [-0.39, 0.29) is 6.04 Å². The predicted molar refractivity (Wildman–Crippen MR) is 94.0 cm³/mol. The molecule has 1 N–H and O–H groups in total. The molecule has 2 aliphatic rings. The number of benzene rings is 2. The lowest BCUT2D eigenvalue weighted by Crippen LogP contribution is -2.29. The molecule has 1 aliphatic carbocycles. The Kier molecular flexibility index (Phi) is 3.43. The molecule has 0 fully saturated rings. The van der Waals surface area contributed by atoms with Crippen molar-refractivity contribution in [2.24, 2.45) is 5.92 Å². The van der Waals surface area contributed by atoms with Crippen LogP contribution in [0.5, 0.6) is 0 Å². The number of rotatable bonds is 1. The molecule has 3 heteroatoms. The van der Waals surface area contributed by atoms with E-state index in [9.17, 15) is 0 Å². The number of halogens is 2. The first-order valence-corrected chi connectivity index (χ1v) is 8.38. The lowest BCUT2D eigenvalue weighted by molar-refractivity contribution is 0.425. The zero-order valence-electron chi connectivity index (χ0n) is 12.3. The van der Waals surface area contributed by atoms with Gasteiger partial charge in [-0.3, -0.25) is 0 Å². The average molecular weight is 330 g/mol. The van der Waals surface area contributed by atoms with Gasteiger partial charge in [-0.25, -0.2) is 0 Å². The third-order valence-corrected chi connectivity index (χ3v) is 5.50. The van der Waals surface area contributed by atoms with Crippen molar-refractivity contribution in [3.63, 3.8) is 0 Å². The third-order valence-electron chi connectivity index (χ3n) is 4.85. The van der Waals surface area contributed by atoms with Crippen LogP contribution in [0.1, 0.15) is 35.1 Å². The van der Waals surface area contributed by atoms with Gasteiger partial charge < -0.3 is 5.32 Å². The Balaban J connectivity index is 1.84. The second-order valence-electron chi connectivity index (χ2n) is 6.20. The Morgan fingerprint density at radius 2 is 1.73 bits per heavy atom. The number of hydrogen-bond donors (Lipinski definition) is 1. The van der Waals surface area contributed by atoms with Gasteiger partial charge in [0.05, 0.1) is 16.8 Å². The SMILES string of the molecule is Cc1ccc(C2Nc3c(Cl)ccc(Cl)c3C3C=CCC32)cc1. The van der Waals surface area contributed by atoms with E-state index in [4.69, 9.17) is 23.2 Å². The summed E-state index contributed by atoms with van der Waals surface area (Å²) >= 11 is 12.9. The first-order valence-electron chi connectivity index (χ1n) is 7.63. The van der Waals surface area contributed by atoms with Gasteiger partial charge in [0.15, 0.2) is 0 Å². The van der Waals surface area contributed by atoms with Crippen LogP contribution in [0.4, 0.5) is 5.69 Å². The van der Waals surface area contributed by atoms with Crippen LogP contribution in [-0.4, -0.2) is 0 Å². The largest absolute Gasteiger partial charge is 0.376 e. The number of aryl methyl sites for hydroxylation is 1. The highest BCUT2D eigenvalue weighted by atomic mass is 35.5. The summed E-state index contributed by atoms with van der Waals surface area (Å²) in [5.74, 6) is 0.833. The molecule has 4 rings (SSSR count). The molecule has 0 saturated carbocycles. The van der Waals surface area contributed by atoms with Crippen LogP contribution in [0.25, 0.3) is 0 Å². The van der Waals surface area contributed by atoms with Gasteiger partial charge >= 0.3 is 0 Å². The van der Waals surface area contributed by atoms with Gasteiger partial charge in [0.25, 0.3) is 0 Å². The molecule has 0 amide bonds. The van der Waals surface area contributed by atoms with Crippen LogP contribution in [0.15, 0.2) is 48.6 Å². The molecule has 0 saturated heterocycles. The zero-order valence-corrected chi connectivity index (χ0v) is 13.8. The smallest absolute Gasteiger partial charge is 0.0641 e. The molecule has 1 heterocycles. The quantitative estimate of drug-likeness (QED) is 0.620. The van der Waals surface area contributed by atoms with Crippen molar-refractivity contribution in [1.82, 2.24) is 0 Å². The van der Waals surface area contributed by atoms with Crippen molar-refractivity contribution >= 4 is 28.9 Å². The monoisotopic (exact) mass is 329 g/mol. The fraction of sp³-hybridized carbons (Fsp3) is 0.263. The first-order chi connectivity index (χ1) is 10.6. The van der Waals surface area contributed by atoms with Gasteiger partial charge in [-0.1, -0.05) is 65.2 Å². The Morgan fingerprint density at radius 3 is 2.50 bits per heavy atom. The minimum absolute atomic E-state index is 0.268. The van der Waals surface area contributed by atoms with Crippen molar-refractivity contribution in [1.29, 1.82) is 0 Å². The standard InChI is InChI=1S/C19H17Cl2N/c1-11-5-7-12(8-6-11)18-14-4-2-3-13(14)17-15(20)9-10-16(21)19(17)22-18/h2-3,5-10,13-14,18,22H,4H2,1H3. The van der Waals surface area contributed by atoms with E-state index in [0.717, 1.165) is 27.7 Å². The maximum atomic E-state index is 6.46. The van der Waals surface area contributed by atoms with Gasteiger partial charge in [-0.2, -0.15) is 0 Å². The summed E-state index contributed by atoms with van der Waals surface area (Å²) in [6.45, 7) is 2.12. The lowest BCUT2D eigenvalue weighted by Gasteiger charge is -2.38. The van der Waals surface area contributed by atoms with Gasteiger partial charge in [-0.15, -0.1) is 0 Å². The predicted octanol–water partition coefficient (Wildman–Crippen LogP) is 6.13. The van der Waals surface area contributed by atoms with Gasteiger partial charge in [0, 0.05) is 16.5 Å². The minimum atomic E-state index is 0.268. The molecule has 0 spiro atoms. The van der Waals surface area contributed by atoms with Gasteiger partial charge in [0.1, 0.15) is 0 Å². The lowest BCUT2D eigenvalue weighted by atomic mass is 9.77. The summed E-state index contributed by atoms with van der Waals surface area (Å²) in [6.07, 6.45) is 5.62. The number of nitrogens with one attached hydrogen (secondary N) is 1. The van der Waals surface area contributed by atoms with E-state index in [1.54, 1.807) is 0 Å². The summed E-state index contributed by atoms with van der Waals surface area (Å²) in [6, 6.07) is 12.8. The molecule has 2 aromatic carbocycles. The van der Waals surface area contributed by atoms with E-state index in [2.05, 4.69) is 48.7 Å². The second-order valence-corrected chi connectivity index (χ2v) is 7.02. The molecule has 0 bridgehead atoms. The fourth-order valence-corrected chi connectivity index (χ4v) is 4.24.